The Balaban J connectivity index is 0. The average Bonchev–Trinajstić information content (AvgIpc) is 1.41. The molecule has 0 radical (unpaired) electrons. The van der Waals surface area contributed by atoms with Gasteiger partial charge in [-0.15, -0.1) is 0 Å². The van der Waals surface area contributed by atoms with E-state index in [0.717, 1.165) is 0 Å². The lowest BCUT2D eigenvalue weighted by molar-refractivity contribution is -0.0979. The van der Waals surface area contributed by atoms with E-state index in [0.29, 0.717) is 0 Å². The summed E-state index contributed by atoms with van der Waals surface area (Å²) in [4.78, 5) is 16.6. The number of carboxylic acid groups (broad SMARTS) is 2. The van der Waals surface area contributed by atoms with Gasteiger partial charge < -0.3 is 15.0 Å². The van der Waals surface area contributed by atoms with Crippen LogP contribution < -0.4 is 0 Å². The molecule has 0 unspecified atom stereocenters. The second kappa shape index (κ2) is 9.05. The van der Waals surface area contributed by atoms with Gasteiger partial charge in [-0.2, -0.15) is 0 Å². The summed E-state index contributed by atoms with van der Waals surface area (Å²) in [5.41, 5.74) is 0. The van der Waals surface area contributed by atoms with E-state index in [2.05, 4.69) is 0 Å². The van der Waals surface area contributed by atoms with E-state index in [-0.39, 0.29) is 0 Å². The predicted molar refractivity (Wildman–Crippen MR) is 17.8 cm³/mol. The Morgan fingerprint density at radius 2 is 1.33 bits per heavy atom. The molecule has 0 saturated heterocycles. The zero-order valence-electron chi connectivity index (χ0n) is 2.92. The molecular formula is C2H4O4. The molecule has 0 aromatic carbocycles. The molecule has 0 fully saturated rings. The number of carbonyl (C=O) groups excluding carboxylic acids is 1. The van der Waals surface area contributed by atoms with Crippen molar-refractivity contribution in [3.63, 3.8) is 0 Å². The number of hydrogen-bond donors (Lipinski definition) is 2. The number of hydrogen-bond acceptors (Lipinski definition) is 2. The summed E-state index contributed by atoms with van der Waals surface area (Å²) < 4.78 is 0. The summed E-state index contributed by atoms with van der Waals surface area (Å²) in [5, 5.41) is 13.9. The van der Waals surface area contributed by atoms with Crippen molar-refractivity contribution in [1.29, 1.82) is 0 Å². The zero-order valence-corrected chi connectivity index (χ0v) is 2.92. The lowest BCUT2D eigenvalue weighted by Crippen LogP contribution is -1.81. The van der Waals surface area contributed by atoms with Crippen molar-refractivity contribution < 1.29 is 19.8 Å². The first kappa shape index (κ1) is 8.87. The van der Waals surface area contributed by atoms with Crippen LogP contribution >= 0.6 is 0 Å². The molecule has 0 aliphatic rings. The lowest BCUT2D eigenvalue weighted by atomic mass is 11.5. The molecule has 0 aromatic rings. The third-order valence-corrected chi connectivity index (χ3v) is 0. The maximum Gasteiger partial charge on any atom is 0.503 e. The first-order valence-electron chi connectivity index (χ1n) is 0.940. The maximum atomic E-state index is 8.56. The standard InChI is InChI=1S/CH2O3.CH2O/c2-1(3)4;1-2/h(H2,2,3,4);1H2. The average molecular weight is 92.0 g/mol. The molecule has 0 aromatic heterocycles. The molecule has 0 saturated carbocycles. The van der Waals surface area contributed by atoms with Gasteiger partial charge in [0.2, 0.25) is 0 Å². The molecule has 0 rings (SSSR count). The summed E-state index contributed by atoms with van der Waals surface area (Å²) in [7, 11) is 0. The normalized spacial score (nSPS) is 4.67. The first-order chi connectivity index (χ1) is 2.73. The van der Waals surface area contributed by atoms with Gasteiger partial charge in [0.05, 0.1) is 0 Å². The fourth-order valence-electron chi connectivity index (χ4n) is 0. The largest absolute Gasteiger partial charge is 0.503 e. The lowest BCUT2D eigenvalue weighted by Gasteiger charge is -1.60. The smallest absolute Gasteiger partial charge is 0.450 e. The van der Waals surface area contributed by atoms with Gasteiger partial charge in [-0.1, -0.05) is 0 Å². The van der Waals surface area contributed by atoms with Crippen molar-refractivity contribution in [3.05, 3.63) is 0 Å². The maximum absolute atomic E-state index is 8.56. The quantitative estimate of drug-likeness (QED) is 0.442. The van der Waals surface area contributed by atoms with Gasteiger partial charge in [0.25, 0.3) is 0 Å². The molecular weight excluding hydrogens is 88.0 g/mol. The molecule has 0 atom stereocenters. The Bertz CT molecular complexity index is 36.8. The van der Waals surface area contributed by atoms with Gasteiger partial charge >= 0.3 is 6.16 Å². The van der Waals surface area contributed by atoms with Gasteiger partial charge in [0, 0.05) is 0 Å². The van der Waals surface area contributed by atoms with E-state index in [1.807, 2.05) is 6.79 Å². The van der Waals surface area contributed by atoms with E-state index < -0.39 is 6.16 Å². The molecule has 6 heavy (non-hydrogen) atoms. The van der Waals surface area contributed by atoms with Crippen LogP contribution in [0, 0.1) is 0 Å². The van der Waals surface area contributed by atoms with Crippen LogP contribution in [0.4, 0.5) is 4.79 Å². The summed E-state index contributed by atoms with van der Waals surface area (Å²) in [6, 6.07) is 0. The molecule has 4 heteroatoms. The number of carbonyl (C=O) groups is 2. The van der Waals surface area contributed by atoms with Crippen molar-refractivity contribution in [2.45, 2.75) is 0 Å². The van der Waals surface area contributed by atoms with E-state index >= 15 is 0 Å². The zero-order chi connectivity index (χ0) is 5.58. The van der Waals surface area contributed by atoms with Crippen molar-refractivity contribution in [1.82, 2.24) is 0 Å². The highest BCUT2D eigenvalue weighted by Crippen LogP contribution is 1.42. The molecule has 0 heterocycles. The van der Waals surface area contributed by atoms with Crippen molar-refractivity contribution in [2.24, 2.45) is 0 Å². The first-order valence-corrected chi connectivity index (χ1v) is 0.940. The minimum atomic E-state index is -1.83. The van der Waals surface area contributed by atoms with Crippen LogP contribution in [0.15, 0.2) is 0 Å². The van der Waals surface area contributed by atoms with Crippen LogP contribution in [0.3, 0.4) is 0 Å². The van der Waals surface area contributed by atoms with Gasteiger partial charge in [-0.05, 0) is 0 Å². The van der Waals surface area contributed by atoms with E-state index in [1.165, 1.54) is 0 Å². The minimum absolute atomic E-state index is 1.83. The summed E-state index contributed by atoms with van der Waals surface area (Å²) in [6.07, 6.45) is -1.83. The molecule has 0 amide bonds. The predicted octanol–water partition coefficient (Wildman–Crippen LogP) is 0.0375. The highest BCUT2D eigenvalue weighted by molar-refractivity contribution is 5.53. The minimum Gasteiger partial charge on any atom is -0.450 e. The Hall–Kier alpha value is -1.06. The molecule has 0 aliphatic carbocycles. The third-order valence-electron chi connectivity index (χ3n) is 0. The Kier molecular flexibility index (Phi) is 13.4. The van der Waals surface area contributed by atoms with Gasteiger partial charge in [-0.3, -0.25) is 0 Å². The van der Waals surface area contributed by atoms with Crippen LogP contribution in [-0.2, 0) is 4.79 Å². The fourth-order valence-corrected chi connectivity index (χ4v) is 0. The second-order valence-corrected chi connectivity index (χ2v) is 0.283. The SMILES string of the molecule is C=O.O=C(O)O. The Labute approximate surface area is 34.0 Å². The topological polar surface area (TPSA) is 74.6 Å². The highest BCUT2D eigenvalue weighted by Gasteiger charge is 1.70. The van der Waals surface area contributed by atoms with Crippen LogP contribution in [0.2, 0.25) is 0 Å². The van der Waals surface area contributed by atoms with Crippen LogP contribution in [0.1, 0.15) is 0 Å². The van der Waals surface area contributed by atoms with Crippen molar-refractivity contribution in [2.75, 3.05) is 0 Å². The molecule has 36 valence electrons. The second-order valence-electron chi connectivity index (χ2n) is 0.283. The van der Waals surface area contributed by atoms with Gasteiger partial charge in [0.15, 0.2) is 0 Å². The highest BCUT2D eigenvalue weighted by atomic mass is 16.6. The molecule has 4 nitrogen and oxygen atoms in total. The van der Waals surface area contributed by atoms with Crippen LogP contribution in [-0.4, -0.2) is 23.2 Å². The third kappa shape index (κ3) is 9.85. The summed E-state index contributed by atoms with van der Waals surface area (Å²) >= 11 is 0. The Morgan fingerprint density at radius 3 is 1.33 bits per heavy atom. The van der Waals surface area contributed by atoms with Crippen molar-refractivity contribution in [3.8, 4) is 0 Å². The van der Waals surface area contributed by atoms with Crippen LogP contribution in [0.5, 0.6) is 0 Å². The number of rotatable bonds is 0. The summed E-state index contributed by atoms with van der Waals surface area (Å²) in [6.45, 7) is 2.00. The van der Waals surface area contributed by atoms with Gasteiger partial charge in [0.1, 0.15) is 6.79 Å². The van der Waals surface area contributed by atoms with Gasteiger partial charge in [-0.25, -0.2) is 4.79 Å². The molecule has 0 spiro atoms. The van der Waals surface area contributed by atoms with Crippen molar-refractivity contribution >= 4 is 12.9 Å². The van der Waals surface area contributed by atoms with E-state index in [1.54, 1.807) is 0 Å². The van der Waals surface area contributed by atoms with Crippen LogP contribution in [0.25, 0.3) is 0 Å². The fraction of sp³-hybridized carbons (Fsp3) is 0. The van der Waals surface area contributed by atoms with E-state index in [4.69, 9.17) is 19.8 Å². The van der Waals surface area contributed by atoms with E-state index in [9.17, 15) is 0 Å². The molecule has 0 aliphatic heterocycles. The molecule has 0 bridgehead atoms. The molecule has 2 N–H and O–H groups in total. The Morgan fingerprint density at radius 1 is 1.33 bits per heavy atom. The monoisotopic (exact) mass is 92.0 g/mol. The summed E-state index contributed by atoms with van der Waals surface area (Å²) in [5.74, 6) is 0.